The van der Waals surface area contributed by atoms with Gasteiger partial charge in [-0.3, -0.25) is 19.5 Å². The number of carbonyl (C=O) groups excluding carboxylic acids is 3. The average molecular weight is 497 g/mol. The summed E-state index contributed by atoms with van der Waals surface area (Å²) in [7, 11) is 0. The maximum Gasteiger partial charge on any atom is 0.325 e. The molecule has 1 N–H and O–H groups in total. The van der Waals surface area contributed by atoms with E-state index >= 15 is 0 Å². The fourth-order valence-electron chi connectivity index (χ4n) is 5.50. The number of ether oxygens (including phenoxy) is 1. The predicted octanol–water partition coefficient (Wildman–Crippen LogP) is 3.14. The minimum absolute atomic E-state index is 0.0272. The number of rotatable bonds is 6. The number of urea groups is 1. The van der Waals surface area contributed by atoms with Crippen molar-refractivity contribution in [1.82, 2.24) is 20.1 Å². The van der Waals surface area contributed by atoms with Crippen LogP contribution in [0, 0.1) is 5.92 Å². The van der Waals surface area contributed by atoms with E-state index in [0.717, 1.165) is 18.4 Å². The zero-order valence-electron chi connectivity index (χ0n) is 19.5. The highest BCUT2D eigenvalue weighted by atomic mass is 35.5. The molecule has 3 aliphatic rings. The van der Waals surface area contributed by atoms with Crippen LogP contribution in [0.1, 0.15) is 36.9 Å². The molecule has 4 amide bonds. The van der Waals surface area contributed by atoms with Gasteiger partial charge in [-0.15, -0.1) is 0 Å². The fraction of sp³-hybridized carbons (Fsp3) is 0.462. The van der Waals surface area contributed by atoms with Crippen molar-refractivity contribution in [3.05, 3.63) is 64.9 Å². The minimum Gasteiger partial charge on any atom is -0.376 e. The van der Waals surface area contributed by atoms with E-state index in [0.29, 0.717) is 43.3 Å². The Hall–Kier alpha value is -2.97. The molecule has 35 heavy (non-hydrogen) atoms. The number of amides is 4. The molecule has 0 unspecified atom stereocenters. The summed E-state index contributed by atoms with van der Waals surface area (Å²) in [5.74, 6) is -0.432. The number of nitrogens with one attached hydrogen (secondary N) is 1. The molecular weight excluding hydrogens is 468 g/mol. The maximum absolute atomic E-state index is 13.9. The second kappa shape index (κ2) is 9.95. The Morgan fingerprint density at radius 3 is 2.66 bits per heavy atom. The molecular formula is C26H29ClN4O4. The SMILES string of the molecule is O=C(Cc1cccc(Cl)c1)N1CCC([C@@]2(c3ccccn3)NC(=O)N(C[C@H]3CCCO3)C2=O)CC1. The van der Waals surface area contributed by atoms with E-state index in [1.54, 1.807) is 30.5 Å². The van der Waals surface area contributed by atoms with Crippen LogP contribution in [0.25, 0.3) is 0 Å². The predicted molar refractivity (Wildman–Crippen MR) is 130 cm³/mol. The maximum atomic E-state index is 13.9. The van der Waals surface area contributed by atoms with Gasteiger partial charge in [-0.2, -0.15) is 0 Å². The third-order valence-corrected chi connectivity index (χ3v) is 7.55. The molecule has 0 spiro atoms. The number of aromatic nitrogens is 1. The Bertz CT molecular complexity index is 1100. The standard InChI is InChI=1S/C26H29ClN4O4/c27-20-6-3-5-18(15-20)16-23(32)30-12-9-19(10-13-30)26(22-8-1-2-11-28-22)24(33)31(25(34)29-26)17-21-7-4-14-35-21/h1-3,5-6,8,11,15,19,21H,4,7,9-10,12-14,16-17H2,(H,29,34)/t21-,26+/m1/s1. The number of likely N-dealkylation sites (tertiary alicyclic amines) is 1. The molecule has 4 heterocycles. The molecule has 1 aromatic carbocycles. The second-order valence-electron chi connectivity index (χ2n) is 9.47. The number of hydrogen-bond donors (Lipinski definition) is 1. The molecule has 184 valence electrons. The van der Waals surface area contributed by atoms with E-state index in [2.05, 4.69) is 10.3 Å². The van der Waals surface area contributed by atoms with Crippen molar-refractivity contribution < 1.29 is 19.1 Å². The molecule has 5 rings (SSSR count). The minimum atomic E-state index is -1.24. The smallest absolute Gasteiger partial charge is 0.325 e. The van der Waals surface area contributed by atoms with Crippen molar-refractivity contribution in [2.24, 2.45) is 5.92 Å². The molecule has 9 heteroatoms. The van der Waals surface area contributed by atoms with Gasteiger partial charge >= 0.3 is 6.03 Å². The third kappa shape index (κ3) is 4.65. The Morgan fingerprint density at radius 1 is 1.14 bits per heavy atom. The van der Waals surface area contributed by atoms with Gasteiger partial charge in [-0.25, -0.2) is 4.79 Å². The lowest BCUT2D eigenvalue weighted by atomic mass is 9.75. The summed E-state index contributed by atoms with van der Waals surface area (Å²) in [5.41, 5.74) is 0.174. The van der Waals surface area contributed by atoms with Crippen molar-refractivity contribution in [3.8, 4) is 0 Å². The van der Waals surface area contributed by atoms with Crippen LogP contribution in [-0.4, -0.2) is 65.0 Å². The first-order chi connectivity index (χ1) is 17.0. The summed E-state index contributed by atoms with van der Waals surface area (Å²) in [6, 6.07) is 12.3. The van der Waals surface area contributed by atoms with E-state index in [-0.39, 0.29) is 36.8 Å². The fourth-order valence-corrected chi connectivity index (χ4v) is 5.72. The lowest BCUT2D eigenvalue weighted by Gasteiger charge is -2.40. The van der Waals surface area contributed by atoms with E-state index in [4.69, 9.17) is 16.3 Å². The van der Waals surface area contributed by atoms with Gasteiger partial charge in [0.2, 0.25) is 5.91 Å². The molecule has 2 aromatic rings. The quantitative estimate of drug-likeness (QED) is 0.620. The Morgan fingerprint density at radius 2 is 1.97 bits per heavy atom. The highest BCUT2D eigenvalue weighted by Gasteiger charge is 2.58. The van der Waals surface area contributed by atoms with Crippen LogP contribution in [0.4, 0.5) is 4.79 Å². The Labute approximate surface area is 209 Å². The second-order valence-corrected chi connectivity index (χ2v) is 9.90. The first-order valence-electron chi connectivity index (χ1n) is 12.2. The van der Waals surface area contributed by atoms with Crippen molar-refractivity contribution in [1.29, 1.82) is 0 Å². The summed E-state index contributed by atoms with van der Waals surface area (Å²) in [5, 5.41) is 3.62. The zero-order chi connectivity index (χ0) is 24.4. The number of nitrogens with zero attached hydrogens (tertiary/aromatic N) is 3. The van der Waals surface area contributed by atoms with Crippen LogP contribution in [0.3, 0.4) is 0 Å². The monoisotopic (exact) mass is 496 g/mol. The molecule has 0 radical (unpaired) electrons. The summed E-state index contributed by atoms with van der Waals surface area (Å²) in [6.07, 6.45) is 4.72. The molecule has 2 atom stereocenters. The molecule has 0 aliphatic carbocycles. The summed E-state index contributed by atoms with van der Waals surface area (Å²) in [4.78, 5) is 47.5. The van der Waals surface area contributed by atoms with E-state index in [9.17, 15) is 14.4 Å². The van der Waals surface area contributed by atoms with E-state index in [1.807, 2.05) is 23.1 Å². The van der Waals surface area contributed by atoms with Crippen LogP contribution < -0.4 is 5.32 Å². The number of halogens is 1. The Balaban J connectivity index is 1.33. The van der Waals surface area contributed by atoms with Gasteiger partial charge in [0.1, 0.15) is 0 Å². The van der Waals surface area contributed by atoms with E-state index in [1.165, 1.54) is 4.90 Å². The third-order valence-electron chi connectivity index (χ3n) is 7.32. The van der Waals surface area contributed by atoms with E-state index < -0.39 is 11.6 Å². The van der Waals surface area contributed by atoms with Crippen LogP contribution in [-0.2, 0) is 26.3 Å². The average Bonchev–Trinajstić information content (AvgIpc) is 3.47. The number of benzene rings is 1. The topological polar surface area (TPSA) is 91.8 Å². The van der Waals surface area contributed by atoms with Gasteiger partial charge in [-0.05, 0) is 55.5 Å². The molecule has 3 fully saturated rings. The van der Waals surface area contributed by atoms with Gasteiger partial charge in [0.25, 0.3) is 5.91 Å². The highest BCUT2D eigenvalue weighted by molar-refractivity contribution is 6.30. The first kappa shape index (κ1) is 23.8. The molecule has 3 saturated heterocycles. The van der Waals surface area contributed by atoms with Crippen LogP contribution in [0.2, 0.25) is 5.02 Å². The molecule has 3 aliphatic heterocycles. The Kier molecular flexibility index (Phi) is 6.75. The zero-order valence-corrected chi connectivity index (χ0v) is 20.2. The molecule has 0 saturated carbocycles. The van der Waals surface area contributed by atoms with Gasteiger partial charge in [0, 0.05) is 36.8 Å². The van der Waals surface area contributed by atoms with Gasteiger partial charge < -0.3 is 15.0 Å². The number of hydrogen-bond acceptors (Lipinski definition) is 5. The molecule has 1 aromatic heterocycles. The lowest BCUT2D eigenvalue weighted by Crippen LogP contribution is -2.55. The lowest BCUT2D eigenvalue weighted by molar-refractivity contribution is -0.137. The van der Waals surface area contributed by atoms with Crippen LogP contribution in [0.5, 0.6) is 0 Å². The van der Waals surface area contributed by atoms with Crippen molar-refractivity contribution >= 4 is 29.4 Å². The number of carbonyl (C=O) groups is 3. The van der Waals surface area contributed by atoms with Gasteiger partial charge in [0.05, 0.1) is 24.8 Å². The van der Waals surface area contributed by atoms with Crippen molar-refractivity contribution in [2.45, 2.75) is 43.7 Å². The number of pyridine rings is 1. The number of imide groups is 1. The van der Waals surface area contributed by atoms with Crippen LogP contribution >= 0.6 is 11.6 Å². The number of piperidine rings is 1. The normalized spacial score (nSPS) is 25.2. The highest BCUT2D eigenvalue weighted by Crippen LogP contribution is 2.41. The summed E-state index contributed by atoms with van der Waals surface area (Å²) < 4.78 is 5.69. The van der Waals surface area contributed by atoms with Crippen molar-refractivity contribution in [3.63, 3.8) is 0 Å². The molecule has 8 nitrogen and oxygen atoms in total. The van der Waals surface area contributed by atoms with Gasteiger partial charge in [-0.1, -0.05) is 29.8 Å². The van der Waals surface area contributed by atoms with Crippen molar-refractivity contribution in [2.75, 3.05) is 26.2 Å². The summed E-state index contributed by atoms with van der Waals surface area (Å²) >= 11 is 6.06. The summed E-state index contributed by atoms with van der Waals surface area (Å²) in [6.45, 7) is 1.92. The molecule has 0 bridgehead atoms. The largest absolute Gasteiger partial charge is 0.376 e. The van der Waals surface area contributed by atoms with Crippen LogP contribution in [0.15, 0.2) is 48.7 Å². The first-order valence-corrected chi connectivity index (χ1v) is 12.5. The van der Waals surface area contributed by atoms with Gasteiger partial charge in [0.15, 0.2) is 5.54 Å².